The van der Waals surface area contributed by atoms with Gasteiger partial charge in [0.05, 0.1) is 26.4 Å². The van der Waals surface area contributed by atoms with Crippen LogP contribution in [-0.2, 0) is 9.53 Å². The molecule has 5 heteroatoms. The first-order valence-electron chi connectivity index (χ1n) is 9.65. The molecule has 1 aliphatic rings. The number of morpholine rings is 1. The second-order valence-electron chi connectivity index (χ2n) is 6.84. The number of ether oxygens (including phenoxy) is 2. The van der Waals surface area contributed by atoms with Crippen LogP contribution < -0.4 is 10.1 Å². The van der Waals surface area contributed by atoms with Crippen molar-refractivity contribution in [3.05, 3.63) is 71.8 Å². The molecule has 148 valence electrons. The van der Waals surface area contributed by atoms with Gasteiger partial charge in [-0.25, -0.2) is 0 Å². The van der Waals surface area contributed by atoms with Gasteiger partial charge in [0.1, 0.15) is 5.75 Å². The average Bonchev–Trinajstić information content (AvgIpc) is 2.75. The Morgan fingerprint density at radius 2 is 1.82 bits per heavy atom. The summed E-state index contributed by atoms with van der Waals surface area (Å²) in [6.45, 7) is 5.53. The Balaban J connectivity index is 1.73. The predicted molar refractivity (Wildman–Crippen MR) is 111 cm³/mol. The van der Waals surface area contributed by atoms with Gasteiger partial charge in [-0.15, -0.1) is 0 Å². The van der Waals surface area contributed by atoms with Crippen molar-refractivity contribution < 1.29 is 14.3 Å². The van der Waals surface area contributed by atoms with Crippen LogP contribution in [0, 0.1) is 0 Å². The van der Waals surface area contributed by atoms with Gasteiger partial charge in [0.15, 0.2) is 0 Å². The lowest BCUT2D eigenvalue weighted by atomic mass is 10.0. The Morgan fingerprint density at radius 3 is 2.54 bits per heavy atom. The number of hydrogen-bond acceptors (Lipinski definition) is 4. The lowest BCUT2D eigenvalue weighted by molar-refractivity contribution is -0.116. The van der Waals surface area contributed by atoms with Crippen LogP contribution in [0.15, 0.2) is 60.7 Å². The van der Waals surface area contributed by atoms with Crippen LogP contribution in [0.1, 0.15) is 24.1 Å². The van der Waals surface area contributed by atoms with Crippen molar-refractivity contribution >= 4 is 11.5 Å². The van der Waals surface area contributed by atoms with Crippen LogP contribution in [-0.4, -0.2) is 50.8 Å². The van der Waals surface area contributed by atoms with Crippen molar-refractivity contribution in [2.75, 3.05) is 40.0 Å². The Hall–Kier alpha value is -2.63. The normalized spacial score (nSPS) is 16.4. The molecule has 2 aromatic rings. The van der Waals surface area contributed by atoms with E-state index in [9.17, 15) is 4.79 Å². The summed E-state index contributed by atoms with van der Waals surface area (Å²) >= 11 is 0. The van der Waals surface area contributed by atoms with E-state index in [4.69, 9.17) is 9.47 Å². The fraction of sp³-hybridized carbons (Fsp3) is 0.348. The first kappa shape index (κ1) is 20.1. The Kier molecular flexibility index (Phi) is 7.23. The van der Waals surface area contributed by atoms with Crippen molar-refractivity contribution in [3.8, 4) is 5.75 Å². The van der Waals surface area contributed by atoms with E-state index < -0.39 is 0 Å². The molecule has 28 heavy (non-hydrogen) atoms. The molecule has 1 N–H and O–H groups in total. The van der Waals surface area contributed by atoms with Gasteiger partial charge in [0, 0.05) is 31.3 Å². The second kappa shape index (κ2) is 10.1. The van der Waals surface area contributed by atoms with Crippen molar-refractivity contribution in [1.29, 1.82) is 0 Å². The van der Waals surface area contributed by atoms with E-state index in [-0.39, 0.29) is 11.9 Å². The summed E-state index contributed by atoms with van der Waals surface area (Å²) in [6.07, 6.45) is 1.66. The number of methoxy groups -OCH3 is 1. The standard InChI is InChI=1S/C23H28N2O3/c1-18(19-8-4-3-5-9-19)16-23(26)24-17-21(25-12-14-28-15-13-25)20-10-6-7-11-22(20)27-2/h3-11,16,21H,12-15,17H2,1-2H3,(H,24,26)/b18-16+. The minimum absolute atomic E-state index is 0.0365. The summed E-state index contributed by atoms with van der Waals surface area (Å²) in [5.41, 5.74) is 3.07. The predicted octanol–water partition coefficient (Wildman–Crippen LogP) is 3.29. The minimum atomic E-state index is -0.0884. The third-order valence-corrected chi connectivity index (χ3v) is 5.03. The van der Waals surface area contributed by atoms with Gasteiger partial charge in [-0.05, 0) is 24.1 Å². The Morgan fingerprint density at radius 1 is 1.14 bits per heavy atom. The lowest BCUT2D eigenvalue weighted by Crippen LogP contribution is -2.43. The molecule has 1 saturated heterocycles. The van der Waals surface area contributed by atoms with E-state index >= 15 is 0 Å². The maximum Gasteiger partial charge on any atom is 0.244 e. The highest BCUT2D eigenvalue weighted by molar-refractivity contribution is 5.94. The summed E-state index contributed by atoms with van der Waals surface area (Å²) in [5.74, 6) is 0.749. The molecular weight excluding hydrogens is 352 g/mol. The number of amides is 1. The summed E-state index contributed by atoms with van der Waals surface area (Å²) < 4.78 is 11.1. The molecule has 0 spiro atoms. The largest absolute Gasteiger partial charge is 0.496 e. The van der Waals surface area contributed by atoms with E-state index in [0.717, 1.165) is 35.5 Å². The molecule has 5 nitrogen and oxygen atoms in total. The molecule has 1 unspecified atom stereocenters. The summed E-state index contributed by atoms with van der Waals surface area (Å²) in [6, 6.07) is 18.0. The number of hydrogen-bond donors (Lipinski definition) is 1. The molecule has 1 heterocycles. The zero-order valence-corrected chi connectivity index (χ0v) is 16.6. The number of nitrogens with zero attached hydrogens (tertiary/aromatic N) is 1. The van der Waals surface area contributed by atoms with Gasteiger partial charge in [-0.1, -0.05) is 48.5 Å². The van der Waals surface area contributed by atoms with Crippen LogP contribution in [0.3, 0.4) is 0 Å². The molecule has 2 aromatic carbocycles. The second-order valence-corrected chi connectivity index (χ2v) is 6.84. The SMILES string of the molecule is COc1ccccc1C(CNC(=O)/C=C(\C)c1ccccc1)N1CCOCC1. The van der Waals surface area contributed by atoms with Crippen molar-refractivity contribution in [2.45, 2.75) is 13.0 Å². The van der Waals surface area contributed by atoms with E-state index in [1.807, 2.05) is 55.5 Å². The van der Waals surface area contributed by atoms with Crippen LogP contribution in [0.5, 0.6) is 5.75 Å². The maximum absolute atomic E-state index is 12.5. The van der Waals surface area contributed by atoms with Gasteiger partial charge in [-0.3, -0.25) is 9.69 Å². The molecule has 1 fully saturated rings. The smallest absolute Gasteiger partial charge is 0.244 e. The molecule has 1 atom stereocenters. The van der Waals surface area contributed by atoms with E-state index in [2.05, 4.69) is 16.3 Å². The first-order valence-corrected chi connectivity index (χ1v) is 9.65. The first-order chi connectivity index (χ1) is 13.7. The summed E-state index contributed by atoms with van der Waals surface area (Å²) in [7, 11) is 1.68. The molecular formula is C23H28N2O3. The molecule has 1 aliphatic heterocycles. The Bertz CT molecular complexity index is 799. The maximum atomic E-state index is 12.5. The number of allylic oxidation sites excluding steroid dienone is 1. The van der Waals surface area contributed by atoms with E-state index in [1.165, 1.54) is 0 Å². The van der Waals surface area contributed by atoms with E-state index in [0.29, 0.717) is 19.8 Å². The van der Waals surface area contributed by atoms with Gasteiger partial charge in [0.25, 0.3) is 0 Å². The Labute approximate surface area is 167 Å². The highest BCUT2D eigenvalue weighted by Gasteiger charge is 2.25. The van der Waals surface area contributed by atoms with Crippen LogP contribution in [0.25, 0.3) is 5.57 Å². The van der Waals surface area contributed by atoms with Crippen LogP contribution >= 0.6 is 0 Å². The van der Waals surface area contributed by atoms with Crippen molar-refractivity contribution in [1.82, 2.24) is 10.2 Å². The van der Waals surface area contributed by atoms with Gasteiger partial charge < -0.3 is 14.8 Å². The zero-order valence-electron chi connectivity index (χ0n) is 16.6. The highest BCUT2D eigenvalue weighted by Crippen LogP contribution is 2.29. The monoisotopic (exact) mass is 380 g/mol. The average molecular weight is 380 g/mol. The van der Waals surface area contributed by atoms with Gasteiger partial charge >= 0.3 is 0 Å². The molecule has 0 bridgehead atoms. The molecule has 0 saturated carbocycles. The summed E-state index contributed by atoms with van der Waals surface area (Å²) in [5, 5.41) is 3.08. The number of para-hydroxylation sites is 1. The quantitative estimate of drug-likeness (QED) is 0.749. The van der Waals surface area contributed by atoms with Crippen molar-refractivity contribution in [2.24, 2.45) is 0 Å². The van der Waals surface area contributed by atoms with Crippen molar-refractivity contribution in [3.63, 3.8) is 0 Å². The zero-order chi connectivity index (χ0) is 19.8. The fourth-order valence-electron chi connectivity index (χ4n) is 3.50. The third-order valence-electron chi connectivity index (χ3n) is 5.03. The molecule has 3 rings (SSSR count). The third kappa shape index (κ3) is 5.21. The fourth-order valence-corrected chi connectivity index (χ4v) is 3.50. The van der Waals surface area contributed by atoms with Crippen LogP contribution in [0.4, 0.5) is 0 Å². The topological polar surface area (TPSA) is 50.8 Å². The van der Waals surface area contributed by atoms with Crippen LogP contribution in [0.2, 0.25) is 0 Å². The lowest BCUT2D eigenvalue weighted by Gasteiger charge is -2.35. The number of carbonyl (C=O) groups is 1. The minimum Gasteiger partial charge on any atom is -0.496 e. The van der Waals surface area contributed by atoms with E-state index in [1.54, 1.807) is 13.2 Å². The number of carbonyl (C=O) groups excluding carboxylic acids is 1. The summed E-state index contributed by atoms with van der Waals surface area (Å²) in [4.78, 5) is 14.9. The molecule has 0 aliphatic carbocycles. The highest BCUT2D eigenvalue weighted by atomic mass is 16.5. The number of rotatable bonds is 7. The number of nitrogens with one attached hydrogen (secondary N) is 1. The molecule has 0 aromatic heterocycles. The molecule has 1 amide bonds. The van der Waals surface area contributed by atoms with Gasteiger partial charge in [-0.2, -0.15) is 0 Å². The number of benzene rings is 2. The molecule has 0 radical (unpaired) electrons. The van der Waals surface area contributed by atoms with Gasteiger partial charge in [0.2, 0.25) is 5.91 Å².